The molecule has 4 heteroatoms. The molecular formula is C18H23NO3. The first kappa shape index (κ1) is 14.9. The van der Waals surface area contributed by atoms with Gasteiger partial charge in [-0.2, -0.15) is 0 Å². The van der Waals surface area contributed by atoms with Crippen LogP contribution in [0.3, 0.4) is 0 Å². The van der Waals surface area contributed by atoms with Gasteiger partial charge in [0.25, 0.3) is 0 Å². The number of hydrogen-bond donors (Lipinski definition) is 1. The van der Waals surface area contributed by atoms with Gasteiger partial charge in [-0.25, -0.2) is 0 Å². The molecule has 1 N–H and O–H groups in total. The summed E-state index contributed by atoms with van der Waals surface area (Å²) in [5.74, 6) is 1.01. The summed E-state index contributed by atoms with van der Waals surface area (Å²) < 4.78 is 10.5. The highest BCUT2D eigenvalue weighted by molar-refractivity contribution is 5.87. The number of aromatic nitrogens is 1. The van der Waals surface area contributed by atoms with Crippen LogP contribution in [0, 0.1) is 0 Å². The molecule has 0 spiro atoms. The van der Waals surface area contributed by atoms with Gasteiger partial charge in [-0.1, -0.05) is 6.42 Å². The van der Waals surface area contributed by atoms with Crippen molar-refractivity contribution in [1.29, 1.82) is 0 Å². The van der Waals surface area contributed by atoms with Crippen molar-refractivity contribution in [3.05, 3.63) is 29.5 Å². The van der Waals surface area contributed by atoms with Gasteiger partial charge in [0.1, 0.15) is 5.75 Å². The third-order valence-electron chi connectivity index (χ3n) is 4.48. The topological polar surface area (TPSA) is 51.3 Å². The number of carbonyl (C=O) groups is 1. The fourth-order valence-corrected chi connectivity index (χ4v) is 3.51. The molecule has 4 nitrogen and oxygen atoms in total. The summed E-state index contributed by atoms with van der Waals surface area (Å²) in [6.07, 6.45) is 4.89. The third-order valence-corrected chi connectivity index (χ3v) is 4.48. The quantitative estimate of drug-likeness (QED) is 0.687. The molecule has 22 heavy (non-hydrogen) atoms. The van der Waals surface area contributed by atoms with E-state index in [1.807, 2.05) is 19.1 Å². The van der Waals surface area contributed by atoms with E-state index in [9.17, 15) is 4.79 Å². The molecule has 0 amide bonds. The summed E-state index contributed by atoms with van der Waals surface area (Å²) in [6, 6.07) is 6.13. The van der Waals surface area contributed by atoms with Gasteiger partial charge in [-0.15, -0.1) is 0 Å². The molecule has 2 aromatic rings. The van der Waals surface area contributed by atoms with Crippen molar-refractivity contribution in [2.75, 3.05) is 13.7 Å². The van der Waals surface area contributed by atoms with Crippen molar-refractivity contribution < 1.29 is 14.3 Å². The van der Waals surface area contributed by atoms with E-state index in [1.54, 1.807) is 7.11 Å². The van der Waals surface area contributed by atoms with Crippen LogP contribution in [-0.4, -0.2) is 24.7 Å². The summed E-state index contributed by atoms with van der Waals surface area (Å²) in [7, 11) is 1.68. The number of aryl methyl sites for hydroxylation is 1. The zero-order valence-corrected chi connectivity index (χ0v) is 13.3. The lowest BCUT2D eigenvalue weighted by atomic mass is 9.90. The van der Waals surface area contributed by atoms with Crippen molar-refractivity contribution in [2.24, 2.45) is 0 Å². The molecule has 1 aromatic heterocycles. The highest BCUT2D eigenvalue weighted by Crippen LogP contribution is 2.39. The van der Waals surface area contributed by atoms with E-state index in [2.05, 4.69) is 11.1 Å². The Morgan fingerprint density at radius 2 is 2.23 bits per heavy atom. The molecule has 1 aliphatic rings. The molecule has 118 valence electrons. The van der Waals surface area contributed by atoms with Crippen LogP contribution in [0.2, 0.25) is 0 Å². The first-order chi connectivity index (χ1) is 10.7. The second-order valence-corrected chi connectivity index (χ2v) is 5.88. The number of aromatic amines is 1. The van der Waals surface area contributed by atoms with Crippen LogP contribution < -0.4 is 4.74 Å². The lowest BCUT2D eigenvalue weighted by Gasteiger charge is -2.15. The number of rotatable bonds is 4. The molecule has 0 saturated carbocycles. The van der Waals surface area contributed by atoms with Gasteiger partial charge in [-0.3, -0.25) is 4.79 Å². The van der Waals surface area contributed by atoms with Gasteiger partial charge in [0.05, 0.1) is 20.1 Å². The maximum Gasteiger partial charge on any atom is 0.306 e. The van der Waals surface area contributed by atoms with Gasteiger partial charge >= 0.3 is 5.97 Å². The second kappa shape index (κ2) is 6.42. The number of benzene rings is 1. The third kappa shape index (κ3) is 2.82. The van der Waals surface area contributed by atoms with Crippen molar-refractivity contribution in [3.63, 3.8) is 0 Å². The Hall–Kier alpha value is -1.97. The fraction of sp³-hybridized carbons (Fsp3) is 0.500. The minimum Gasteiger partial charge on any atom is -0.497 e. The molecule has 0 radical (unpaired) electrons. The Morgan fingerprint density at radius 3 is 3.00 bits per heavy atom. The van der Waals surface area contributed by atoms with Crippen molar-refractivity contribution in [1.82, 2.24) is 4.98 Å². The van der Waals surface area contributed by atoms with Gasteiger partial charge < -0.3 is 14.5 Å². The van der Waals surface area contributed by atoms with Crippen LogP contribution in [0.5, 0.6) is 5.75 Å². The number of carbonyl (C=O) groups excluding carboxylic acids is 1. The number of esters is 1. The van der Waals surface area contributed by atoms with Crippen LogP contribution in [0.25, 0.3) is 10.9 Å². The molecule has 3 rings (SSSR count). The summed E-state index contributed by atoms with van der Waals surface area (Å²) in [5, 5.41) is 1.21. The van der Waals surface area contributed by atoms with Crippen molar-refractivity contribution in [2.45, 2.75) is 44.9 Å². The number of methoxy groups -OCH3 is 1. The highest BCUT2D eigenvalue weighted by Gasteiger charge is 2.25. The molecule has 1 aromatic carbocycles. The van der Waals surface area contributed by atoms with Crippen LogP contribution in [0.15, 0.2) is 18.2 Å². The maximum atomic E-state index is 11.9. The minimum absolute atomic E-state index is 0.0942. The Kier molecular flexibility index (Phi) is 4.36. The van der Waals surface area contributed by atoms with E-state index < -0.39 is 0 Å². The van der Waals surface area contributed by atoms with Crippen LogP contribution in [0.1, 0.15) is 49.8 Å². The number of nitrogens with one attached hydrogen (secondary N) is 1. The predicted molar refractivity (Wildman–Crippen MR) is 86.4 cm³/mol. The highest BCUT2D eigenvalue weighted by atomic mass is 16.5. The van der Waals surface area contributed by atoms with E-state index >= 15 is 0 Å². The minimum atomic E-state index is -0.0942. The lowest BCUT2D eigenvalue weighted by molar-refractivity contribution is -0.143. The van der Waals surface area contributed by atoms with Gasteiger partial charge in [-0.05, 0) is 49.8 Å². The van der Waals surface area contributed by atoms with Crippen molar-refractivity contribution >= 4 is 16.9 Å². The SMILES string of the molecule is CCOC(=O)CC1CCCCc2[nH]c3cc(OC)ccc3c21. The Bertz CT molecular complexity index is 674. The van der Waals surface area contributed by atoms with E-state index in [-0.39, 0.29) is 11.9 Å². The fourth-order valence-electron chi connectivity index (χ4n) is 3.51. The molecule has 1 heterocycles. The Morgan fingerprint density at radius 1 is 1.36 bits per heavy atom. The molecule has 0 saturated heterocycles. The van der Waals surface area contributed by atoms with Crippen molar-refractivity contribution in [3.8, 4) is 5.75 Å². The Balaban J connectivity index is 2.00. The molecule has 0 fully saturated rings. The summed E-state index contributed by atoms with van der Waals surface area (Å²) in [4.78, 5) is 15.5. The number of ether oxygens (including phenoxy) is 2. The first-order valence-corrected chi connectivity index (χ1v) is 8.07. The van der Waals surface area contributed by atoms with E-state index in [1.165, 1.54) is 16.6 Å². The predicted octanol–water partition coefficient (Wildman–Crippen LogP) is 3.94. The van der Waals surface area contributed by atoms with Gasteiger partial charge in [0.2, 0.25) is 0 Å². The smallest absolute Gasteiger partial charge is 0.306 e. The molecule has 0 bridgehead atoms. The normalized spacial score (nSPS) is 17.8. The van der Waals surface area contributed by atoms with E-state index in [4.69, 9.17) is 9.47 Å². The maximum absolute atomic E-state index is 11.9. The molecular weight excluding hydrogens is 278 g/mol. The molecule has 1 aliphatic carbocycles. The number of fused-ring (bicyclic) bond motifs is 3. The number of H-pyrrole nitrogens is 1. The first-order valence-electron chi connectivity index (χ1n) is 8.07. The summed E-state index contributed by atoms with van der Waals surface area (Å²) >= 11 is 0. The zero-order valence-electron chi connectivity index (χ0n) is 13.3. The van der Waals surface area contributed by atoms with Gasteiger partial charge in [0.15, 0.2) is 0 Å². The Labute approximate surface area is 130 Å². The number of hydrogen-bond acceptors (Lipinski definition) is 3. The summed E-state index contributed by atoms with van der Waals surface area (Å²) in [6.45, 7) is 2.30. The lowest BCUT2D eigenvalue weighted by Crippen LogP contribution is -2.10. The van der Waals surface area contributed by atoms with Crippen LogP contribution in [-0.2, 0) is 16.0 Å². The standard InChI is InChI=1S/C18H23NO3/c1-3-22-17(20)10-12-6-4-5-7-15-18(12)14-9-8-13(21-2)11-16(14)19-15/h8-9,11-12,19H,3-7,10H2,1-2H3. The van der Waals surface area contributed by atoms with E-state index in [0.29, 0.717) is 13.0 Å². The molecule has 0 aliphatic heterocycles. The monoisotopic (exact) mass is 301 g/mol. The molecule has 1 atom stereocenters. The van der Waals surface area contributed by atoms with Crippen LogP contribution in [0.4, 0.5) is 0 Å². The average molecular weight is 301 g/mol. The van der Waals surface area contributed by atoms with Crippen LogP contribution >= 0.6 is 0 Å². The summed E-state index contributed by atoms with van der Waals surface area (Å²) in [5.41, 5.74) is 3.68. The zero-order chi connectivity index (χ0) is 15.5. The largest absolute Gasteiger partial charge is 0.497 e. The average Bonchev–Trinajstić information content (AvgIpc) is 2.76. The second-order valence-electron chi connectivity index (χ2n) is 5.88. The van der Waals surface area contributed by atoms with Gasteiger partial charge in [0, 0.05) is 22.7 Å². The van der Waals surface area contributed by atoms with E-state index in [0.717, 1.165) is 36.9 Å². The molecule has 1 unspecified atom stereocenters.